The van der Waals surface area contributed by atoms with Crippen LogP contribution in [0, 0.1) is 0 Å². The van der Waals surface area contributed by atoms with Gasteiger partial charge in [0.2, 0.25) is 11.8 Å². The molecule has 40 heavy (non-hydrogen) atoms. The highest BCUT2D eigenvalue weighted by atomic mass is 16.6. The molecule has 4 rings (SSSR count). The summed E-state index contributed by atoms with van der Waals surface area (Å²) in [4.78, 5) is 53.8. The van der Waals surface area contributed by atoms with Crippen LogP contribution in [0.2, 0.25) is 0 Å². The summed E-state index contributed by atoms with van der Waals surface area (Å²) >= 11 is 0. The molecule has 3 N–H and O–H groups in total. The van der Waals surface area contributed by atoms with Crippen molar-refractivity contribution in [2.45, 2.75) is 39.1 Å². The minimum atomic E-state index is -0.908. The van der Waals surface area contributed by atoms with E-state index in [4.69, 9.17) is 13.9 Å². The minimum absolute atomic E-state index is 0.0335. The smallest absolute Gasteiger partial charge is 0.408 e. The van der Waals surface area contributed by atoms with E-state index in [1.807, 2.05) is 60.7 Å². The predicted octanol–water partition coefficient (Wildman–Crippen LogP) is 4.43. The van der Waals surface area contributed by atoms with Gasteiger partial charge in [0.25, 0.3) is 0 Å². The fourth-order valence-electron chi connectivity index (χ4n) is 3.61. The van der Waals surface area contributed by atoms with Crippen molar-refractivity contribution in [2.75, 3.05) is 5.32 Å². The van der Waals surface area contributed by atoms with Crippen molar-refractivity contribution in [3.05, 3.63) is 106 Å². The lowest BCUT2D eigenvalue weighted by Gasteiger charge is -2.15. The Balaban J connectivity index is 1.35. The van der Waals surface area contributed by atoms with Crippen LogP contribution in [-0.4, -0.2) is 29.1 Å². The Hall–Kier alpha value is -5.19. The number of benzene rings is 3. The summed E-state index contributed by atoms with van der Waals surface area (Å²) in [7, 11) is 0. The van der Waals surface area contributed by atoms with E-state index >= 15 is 0 Å². The number of anilines is 1. The molecular formula is C29H28N4O7. The number of carbonyl (C=O) groups excluding carboxylic acids is 3. The van der Waals surface area contributed by atoms with E-state index in [1.165, 1.54) is 25.1 Å². The number of nitrogens with one attached hydrogen (secondary N) is 3. The second-order valence-corrected chi connectivity index (χ2v) is 8.92. The first-order chi connectivity index (χ1) is 19.3. The van der Waals surface area contributed by atoms with Crippen LogP contribution in [0.3, 0.4) is 0 Å². The van der Waals surface area contributed by atoms with Gasteiger partial charge in [-0.3, -0.25) is 4.79 Å². The highest BCUT2D eigenvalue weighted by Gasteiger charge is 2.19. The number of carbonyl (C=O) groups is 3. The van der Waals surface area contributed by atoms with Crippen LogP contribution in [0.1, 0.15) is 36.9 Å². The lowest BCUT2D eigenvalue weighted by Crippen LogP contribution is -2.41. The Morgan fingerprint density at radius 2 is 1.40 bits per heavy atom. The third-order valence-corrected chi connectivity index (χ3v) is 5.77. The summed E-state index contributed by atoms with van der Waals surface area (Å²) in [6.45, 7) is 3.25. The highest BCUT2D eigenvalue weighted by Crippen LogP contribution is 2.18. The van der Waals surface area contributed by atoms with E-state index in [9.17, 15) is 19.2 Å². The Bertz CT molecular complexity index is 1540. The fraction of sp³-hybridized carbons (Fsp3) is 0.207. The van der Waals surface area contributed by atoms with Gasteiger partial charge in [-0.2, -0.15) is 0 Å². The second kappa shape index (κ2) is 13.1. The van der Waals surface area contributed by atoms with Crippen molar-refractivity contribution in [1.82, 2.24) is 15.6 Å². The van der Waals surface area contributed by atoms with Crippen molar-refractivity contribution >= 4 is 34.7 Å². The second-order valence-electron chi connectivity index (χ2n) is 8.92. The van der Waals surface area contributed by atoms with Gasteiger partial charge >= 0.3 is 17.8 Å². The third-order valence-electron chi connectivity index (χ3n) is 5.77. The van der Waals surface area contributed by atoms with Crippen molar-refractivity contribution in [3.63, 3.8) is 0 Å². The largest absolute Gasteiger partial charge is 0.445 e. The first kappa shape index (κ1) is 27.8. The lowest BCUT2D eigenvalue weighted by atomic mass is 10.2. The van der Waals surface area contributed by atoms with Crippen LogP contribution < -0.4 is 21.6 Å². The van der Waals surface area contributed by atoms with E-state index in [0.29, 0.717) is 5.69 Å². The van der Waals surface area contributed by atoms with Gasteiger partial charge in [-0.25, -0.2) is 19.4 Å². The molecule has 1 heterocycles. The zero-order valence-corrected chi connectivity index (χ0v) is 21.9. The van der Waals surface area contributed by atoms with Crippen LogP contribution in [0.4, 0.5) is 15.3 Å². The molecule has 0 aliphatic carbocycles. The molecule has 11 heteroatoms. The molecule has 3 amide bonds. The molecule has 3 aromatic carbocycles. The zero-order valence-electron chi connectivity index (χ0n) is 21.9. The van der Waals surface area contributed by atoms with Gasteiger partial charge in [0.15, 0.2) is 0 Å². The van der Waals surface area contributed by atoms with Gasteiger partial charge in [-0.15, -0.1) is 0 Å². The Morgan fingerprint density at radius 1 is 0.825 bits per heavy atom. The topological polar surface area (TPSA) is 149 Å². The number of hydrogen-bond donors (Lipinski definition) is 3. The predicted molar refractivity (Wildman–Crippen MR) is 146 cm³/mol. The van der Waals surface area contributed by atoms with Crippen LogP contribution in [0.5, 0.6) is 0 Å². The van der Waals surface area contributed by atoms with Crippen LogP contribution in [-0.2, 0) is 27.5 Å². The molecule has 0 spiro atoms. The maximum atomic E-state index is 12.6. The molecule has 1 aromatic heterocycles. The SMILES string of the molecule is C[C@H](NC(=O)OCc1ccccc1)C(=O)Nc1ccc2c(=O)oc([C@H](C)NC(=O)OCc3ccccc3)nc2c1. The number of amides is 3. The van der Waals surface area contributed by atoms with Crippen molar-refractivity contribution in [2.24, 2.45) is 0 Å². The van der Waals surface area contributed by atoms with Crippen LogP contribution >= 0.6 is 0 Å². The standard InChI is InChI=1S/C29H28N4O7/c1-18(30-28(36)38-16-20-9-5-3-6-10-20)25(34)32-22-13-14-23-24(15-22)33-26(40-27(23)35)19(2)31-29(37)39-17-21-11-7-4-8-12-21/h3-15,18-19H,16-17H2,1-2H3,(H,30,36)(H,31,37)(H,32,34)/t18-,19-/m0/s1. The van der Waals surface area contributed by atoms with Gasteiger partial charge in [0.05, 0.1) is 10.9 Å². The molecule has 0 radical (unpaired) electrons. The monoisotopic (exact) mass is 544 g/mol. The first-order valence-corrected chi connectivity index (χ1v) is 12.5. The molecule has 0 bridgehead atoms. The van der Waals surface area contributed by atoms with Gasteiger partial charge in [-0.05, 0) is 43.2 Å². The zero-order chi connectivity index (χ0) is 28.5. The van der Waals surface area contributed by atoms with E-state index < -0.39 is 35.8 Å². The Labute approximate surface area is 229 Å². The van der Waals surface area contributed by atoms with Crippen molar-refractivity contribution in [3.8, 4) is 0 Å². The molecule has 0 fully saturated rings. The van der Waals surface area contributed by atoms with Gasteiger partial charge < -0.3 is 29.8 Å². The Morgan fingerprint density at radius 3 is 2.00 bits per heavy atom. The molecule has 2 atom stereocenters. The molecule has 0 unspecified atom stereocenters. The summed E-state index contributed by atoms with van der Waals surface area (Å²) in [6, 6.07) is 21.1. The Kier molecular flexibility index (Phi) is 9.08. The van der Waals surface area contributed by atoms with Gasteiger partial charge in [-0.1, -0.05) is 60.7 Å². The average Bonchev–Trinajstić information content (AvgIpc) is 2.95. The number of hydrogen-bond acceptors (Lipinski definition) is 8. The summed E-state index contributed by atoms with van der Waals surface area (Å²) in [5.74, 6) is -0.538. The van der Waals surface area contributed by atoms with E-state index in [-0.39, 0.29) is 30.0 Å². The van der Waals surface area contributed by atoms with E-state index in [1.54, 1.807) is 6.92 Å². The van der Waals surface area contributed by atoms with E-state index in [2.05, 4.69) is 20.9 Å². The molecule has 0 aliphatic rings. The van der Waals surface area contributed by atoms with Crippen LogP contribution in [0.25, 0.3) is 10.9 Å². The molecule has 4 aromatic rings. The minimum Gasteiger partial charge on any atom is -0.445 e. The van der Waals surface area contributed by atoms with Gasteiger partial charge in [0, 0.05) is 5.69 Å². The number of alkyl carbamates (subject to hydrolysis) is 2. The van der Waals surface area contributed by atoms with Crippen molar-refractivity contribution in [1.29, 1.82) is 0 Å². The van der Waals surface area contributed by atoms with Crippen LogP contribution in [0.15, 0.2) is 88.1 Å². The molecule has 206 valence electrons. The summed E-state index contributed by atoms with van der Waals surface area (Å²) in [6.07, 6.45) is -1.44. The number of ether oxygens (including phenoxy) is 2. The maximum Gasteiger partial charge on any atom is 0.408 e. The molecule has 11 nitrogen and oxygen atoms in total. The normalized spacial score (nSPS) is 12.2. The summed E-state index contributed by atoms with van der Waals surface area (Å²) in [5, 5.41) is 7.92. The highest BCUT2D eigenvalue weighted by molar-refractivity contribution is 5.97. The van der Waals surface area contributed by atoms with E-state index in [0.717, 1.165) is 11.1 Å². The number of fused-ring (bicyclic) bond motifs is 1. The number of aromatic nitrogens is 1. The molecular weight excluding hydrogens is 516 g/mol. The van der Waals surface area contributed by atoms with Gasteiger partial charge in [0.1, 0.15) is 25.3 Å². The fourth-order valence-corrected chi connectivity index (χ4v) is 3.61. The first-order valence-electron chi connectivity index (χ1n) is 12.5. The molecule has 0 saturated heterocycles. The lowest BCUT2D eigenvalue weighted by molar-refractivity contribution is -0.117. The molecule has 0 saturated carbocycles. The number of nitrogens with zero attached hydrogens (tertiary/aromatic N) is 1. The summed E-state index contributed by atoms with van der Waals surface area (Å²) in [5.41, 5.74) is 1.58. The third kappa shape index (κ3) is 7.67. The van der Waals surface area contributed by atoms with Crippen molar-refractivity contribution < 1.29 is 28.3 Å². The average molecular weight is 545 g/mol. The number of rotatable bonds is 9. The maximum absolute atomic E-state index is 12.6. The quantitative estimate of drug-likeness (QED) is 0.280. The summed E-state index contributed by atoms with van der Waals surface area (Å²) < 4.78 is 15.6. The molecule has 0 aliphatic heterocycles.